The fourth-order valence-corrected chi connectivity index (χ4v) is 1.97. The van der Waals surface area contributed by atoms with Crippen molar-refractivity contribution in [3.05, 3.63) is 29.8 Å². The van der Waals surface area contributed by atoms with E-state index >= 15 is 0 Å². The van der Waals surface area contributed by atoms with Crippen molar-refractivity contribution in [3.8, 4) is 5.75 Å². The van der Waals surface area contributed by atoms with Gasteiger partial charge in [-0.3, -0.25) is 0 Å². The monoisotopic (exact) mass is 263 g/mol. The molecule has 0 aromatic heterocycles. The normalized spacial score (nSPS) is 13.0. The van der Waals surface area contributed by atoms with Crippen molar-refractivity contribution >= 4 is 0 Å². The summed E-state index contributed by atoms with van der Waals surface area (Å²) < 4.78 is 5.95. The summed E-state index contributed by atoms with van der Waals surface area (Å²) in [4.78, 5) is 0. The zero-order valence-electron chi connectivity index (χ0n) is 13.1. The van der Waals surface area contributed by atoms with Crippen molar-refractivity contribution in [2.45, 2.75) is 53.0 Å². The van der Waals surface area contributed by atoms with Crippen molar-refractivity contribution in [3.63, 3.8) is 0 Å². The molecule has 1 aromatic rings. The second-order valence-electron chi connectivity index (χ2n) is 5.84. The van der Waals surface area contributed by atoms with Crippen molar-refractivity contribution in [2.24, 2.45) is 5.92 Å². The topological polar surface area (TPSA) is 21.3 Å². The van der Waals surface area contributed by atoms with Crippen LogP contribution in [0.15, 0.2) is 24.3 Å². The molecule has 1 unspecified atom stereocenters. The van der Waals surface area contributed by atoms with E-state index in [1.807, 2.05) is 6.07 Å². The molecule has 0 saturated heterocycles. The maximum atomic E-state index is 5.95. The van der Waals surface area contributed by atoms with Crippen molar-refractivity contribution in [1.29, 1.82) is 0 Å². The number of hydrogen-bond acceptors (Lipinski definition) is 2. The summed E-state index contributed by atoms with van der Waals surface area (Å²) in [5.74, 6) is 2.11. The van der Waals surface area contributed by atoms with Gasteiger partial charge in [-0.2, -0.15) is 0 Å². The Labute approximate surface area is 118 Å². The number of nitrogens with one attached hydrogen (secondary N) is 1. The minimum Gasteiger partial charge on any atom is -0.492 e. The van der Waals surface area contributed by atoms with Gasteiger partial charge in [0, 0.05) is 6.04 Å². The first kappa shape index (κ1) is 16.0. The molecule has 1 aromatic carbocycles. The highest BCUT2D eigenvalue weighted by Gasteiger charge is 2.13. The average Bonchev–Trinajstić information content (AvgIpc) is 2.38. The molecule has 19 heavy (non-hydrogen) atoms. The lowest BCUT2D eigenvalue weighted by Crippen LogP contribution is -2.39. The molecule has 0 fully saturated rings. The van der Waals surface area contributed by atoms with Crippen LogP contribution in [0.5, 0.6) is 5.75 Å². The smallest absolute Gasteiger partial charge is 0.119 e. The standard InChI is InChI=1S/C17H29NO/c1-6-10-18-17(14(4)5)12-19-16-9-7-8-15(11-16)13(2)3/h7-9,11,13-14,17-18H,6,10,12H2,1-5H3. The predicted molar refractivity (Wildman–Crippen MR) is 82.9 cm³/mol. The Morgan fingerprint density at radius 1 is 1.16 bits per heavy atom. The molecule has 0 aliphatic heterocycles. The SMILES string of the molecule is CCCNC(COc1cccc(C(C)C)c1)C(C)C. The Morgan fingerprint density at radius 3 is 2.47 bits per heavy atom. The van der Waals surface area contributed by atoms with Crippen molar-refractivity contribution in [1.82, 2.24) is 5.32 Å². The van der Waals surface area contributed by atoms with Crippen LogP contribution in [0.25, 0.3) is 0 Å². The summed E-state index contributed by atoms with van der Waals surface area (Å²) in [5, 5.41) is 3.55. The first-order valence-corrected chi connectivity index (χ1v) is 7.50. The van der Waals surface area contributed by atoms with E-state index in [1.165, 1.54) is 5.56 Å². The molecule has 1 atom stereocenters. The van der Waals surface area contributed by atoms with Gasteiger partial charge >= 0.3 is 0 Å². The van der Waals surface area contributed by atoms with E-state index in [4.69, 9.17) is 4.74 Å². The number of benzene rings is 1. The molecular weight excluding hydrogens is 234 g/mol. The van der Waals surface area contributed by atoms with Crippen molar-refractivity contribution in [2.75, 3.05) is 13.2 Å². The third-order valence-electron chi connectivity index (χ3n) is 3.42. The fourth-order valence-electron chi connectivity index (χ4n) is 1.97. The van der Waals surface area contributed by atoms with Crippen LogP contribution in [0.4, 0.5) is 0 Å². The van der Waals surface area contributed by atoms with Crippen LogP contribution < -0.4 is 10.1 Å². The largest absolute Gasteiger partial charge is 0.492 e. The first-order valence-electron chi connectivity index (χ1n) is 7.50. The van der Waals surface area contributed by atoms with E-state index in [9.17, 15) is 0 Å². The fraction of sp³-hybridized carbons (Fsp3) is 0.647. The van der Waals surface area contributed by atoms with Crippen LogP contribution in [0.1, 0.15) is 52.5 Å². The van der Waals surface area contributed by atoms with Crippen molar-refractivity contribution < 1.29 is 4.74 Å². The Hall–Kier alpha value is -1.02. The summed E-state index contributed by atoms with van der Waals surface area (Å²) in [5.41, 5.74) is 1.33. The van der Waals surface area contributed by atoms with Gasteiger partial charge in [-0.1, -0.05) is 46.8 Å². The lowest BCUT2D eigenvalue weighted by atomic mass is 10.0. The van der Waals surface area contributed by atoms with Gasteiger partial charge in [-0.25, -0.2) is 0 Å². The highest BCUT2D eigenvalue weighted by atomic mass is 16.5. The first-order chi connectivity index (χ1) is 9.04. The molecule has 0 aliphatic rings. The van der Waals surface area contributed by atoms with E-state index in [2.05, 4.69) is 58.1 Å². The summed E-state index contributed by atoms with van der Waals surface area (Å²) in [6, 6.07) is 8.86. The van der Waals surface area contributed by atoms with Gasteiger partial charge in [0.1, 0.15) is 12.4 Å². The van der Waals surface area contributed by atoms with Crippen LogP contribution in [0.2, 0.25) is 0 Å². The summed E-state index contributed by atoms with van der Waals surface area (Å²) in [7, 11) is 0. The minimum absolute atomic E-state index is 0.419. The second-order valence-corrected chi connectivity index (χ2v) is 5.84. The van der Waals surface area contributed by atoms with Crippen LogP contribution in [-0.4, -0.2) is 19.2 Å². The highest BCUT2D eigenvalue weighted by Crippen LogP contribution is 2.20. The number of ether oxygens (including phenoxy) is 1. The summed E-state index contributed by atoms with van der Waals surface area (Å²) in [6.45, 7) is 12.9. The molecule has 0 aliphatic carbocycles. The van der Waals surface area contributed by atoms with Gasteiger partial charge in [-0.15, -0.1) is 0 Å². The summed E-state index contributed by atoms with van der Waals surface area (Å²) in [6.07, 6.45) is 1.16. The van der Waals surface area contributed by atoms with E-state index in [0.717, 1.165) is 25.3 Å². The molecule has 0 amide bonds. The van der Waals surface area contributed by atoms with E-state index in [1.54, 1.807) is 0 Å². The Kier molecular flexibility index (Phi) is 6.93. The second kappa shape index (κ2) is 8.21. The molecule has 0 heterocycles. The maximum absolute atomic E-state index is 5.95. The minimum atomic E-state index is 0.419. The van der Waals surface area contributed by atoms with Crippen LogP contribution in [0.3, 0.4) is 0 Å². The van der Waals surface area contributed by atoms with E-state index < -0.39 is 0 Å². The maximum Gasteiger partial charge on any atom is 0.119 e. The molecule has 1 N–H and O–H groups in total. The number of hydrogen-bond donors (Lipinski definition) is 1. The summed E-state index contributed by atoms with van der Waals surface area (Å²) >= 11 is 0. The molecule has 0 saturated carbocycles. The molecule has 108 valence electrons. The van der Waals surface area contributed by atoms with Gasteiger partial charge in [0.05, 0.1) is 0 Å². The van der Waals surface area contributed by atoms with Gasteiger partial charge in [-0.05, 0) is 42.5 Å². The molecular formula is C17H29NO. The zero-order valence-corrected chi connectivity index (χ0v) is 13.1. The van der Waals surface area contributed by atoms with Gasteiger partial charge in [0.25, 0.3) is 0 Å². The molecule has 2 heteroatoms. The van der Waals surface area contributed by atoms with Crippen LogP contribution >= 0.6 is 0 Å². The third-order valence-corrected chi connectivity index (χ3v) is 3.42. The van der Waals surface area contributed by atoms with Gasteiger partial charge in [0.2, 0.25) is 0 Å². The number of rotatable bonds is 8. The lowest BCUT2D eigenvalue weighted by Gasteiger charge is -2.22. The predicted octanol–water partition coefficient (Wildman–Crippen LogP) is 4.21. The van der Waals surface area contributed by atoms with Crippen LogP contribution in [0, 0.1) is 5.92 Å². The highest BCUT2D eigenvalue weighted by molar-refractivity contribution is 5.30. The third kappa shape index (κ3) is 5.65. The molecule has 2 nitrogen and oxygen atoms in total. The quantitative estimate of drug-likeness (QED) is 0.758. The van der Waals surface area contributed by atoms with E-state index in [0.29, 0.717) is 17.9 Å². The molecule has 0 bridgehead atoms. The molecule has 1 rings (SSSR count). The van der Waals surface area contributed by atoms with Gasteiger partial charge < -0.3 is 10.1 Å². The van der Waals surface area contributed by atoms with E-state index in [-0.39, 0.29) is 0 Å². The molecule has 0 spiro atoms. The zero-order chi connectivity index (χ0) is 14.3. The van der Waals surface area contributed by atoms with Crippen LogP contribution in [-0.2, 0) is 0 Å². The Balaban J connectivity index is 2.56. The Bertz CT molecular complexity index is 360. The Morgan fingerprint density at radius 2 is 1.89 bits per heavy atom. The lowest BCUT2D eigenvalue weighted by molar-refractivity contribution is 0.230. The van der Waals surface area contributed by atoms with Gasteiger partial charge in [0.15, 0.2) is 0 Å². The molecule has 0 radical (unpaired) electrons. The average molecular weight is 263 g/mol.